The Morgan fingerprint density at radius 1 is 0.708 bits per heavy atom. The summed E-state index contributed by atoms with van der Waals surface area (Å²) in [6, 6.07) is 24.6. The monoisotopic (exact) mass is 333 g/mol. The Labute approximate surface area is 145 Å². The van der Waals surface area contributed by atoms with Crippen molar-refractivity contribution in [3.8, 4) is 0 Å². The Balaban J connectivity index is 2.15. The summed E-state index contributed by atoms with van der Waals surface area (Å²) in [4.78, 5) is 0. The summed E-state index contributed by atoms with van der Waals surface area (Å²) in [5.41, 5.74) is 5.53. The molecule has 0 aliphatic rings. The highest BCUT2D eigenvalue weighted by Crippen LogP contribution is 2.46. The van der Waals surface area contributed by atoms with Gasteiger partial charge in [0.1, 0.15) is 0 Å². The molecule has 0 heterocycles. The molecule has 3 aromatic rings. The minimum absolute atomic E-state index is 0.123. The largest absolute Gasteiger partial charge is 0.390 e. The van der Waals surface area contributed by atoms with Crippen LogP contribution in [0.2, 0.25) is 0 Å². The summed E-state index contributed by atoms with van der Waals surface area (Å²) < 4.78 is 13.6. The van der Waals surface area contributed by atoms with Gasteiger partial charge in [-0.15, -0.1) is 0 Å². The molecule has 0 bridgehead atoms. The molecule has 0 radical (unpaired) electrons. The molecule has 3 aromatic carbocycles. The van der Waals surface area contributed by atoms with E-state index in [4.69, 9.17) is 0 Å². The predicted octanol–water partition coefficient (Wildman–Crippen LogP) is 5.85. The van der Waals surface area contributed by atoms with Crippen molar-refractivity contribution in [2.75, 3.05) is 0 Å². The number of benzene rings is 3. The summed E-state index contributed by atoms with van der Waals surface area (Å²) in [5.74, 6) is 0. The molecule has 0 aliphatic carbocycles. The van der Waals surface area contributed by atoms with E-state index >= 15 is 0 Å². The second-order valence-electron chi connectivity index (χ2n) is 6.30. The summed E-state index contributed by atoms with van der Waals surface area (Å²) >= 11 is 0. The van der Waals surface area contributed by atoms with Crippen LogP contribution in [0.4, 0.5) is 0 Å². The van der Waals surface area contributed by atoms with Crippen LogP contribution in [0.5, 0.6) is 0 Å². The zero-order valence-corrected chi connectivity index (χ0v) is 15.3. The molecular formula is C22H22OP+. The lowest BCUT2D eigenvalue weighted by molar-refractivity contribution is 0.589. The summed E-state index contributed by atoms with van der Waals surface area (Å²) in [5, 5.41) is 0.994. The van der Waals surface area contributed by atoms with Crippen molar-refractivity contribution in [3.63, 3.8) is 0 Å². The van der Waals surface area contributed by atoms with Crippen LogP contribution in [0.25, 0.3) is 0 Å². The molecule has 0 N–H and O–H groups in total. The molecule has 0 spiro atoms. The Bertz CT molecular complexity index is 791. The van der Waals surface area contributed by atoms with Gasteiger partial charge in [-0.1, -0.05) is 82.9 Å². The van der Waals surface area contributed by atoms with Crippen molar-refractivity contribution in [1.29, 1.82) is 0 Å². The highest BCUT2D eigenvalue weighted by atomic mass is 31.1. The first-order chi connectivity index (χ1) is 11.6. The van der Waals surface area contributed by atoms with E-state index in [1.54, 1.807) is 0 Å². The lowest BCUT2D eigenvalue weighted by Gasteiger charge is -2.11. The van der Waals surface area contributed by atoms with Gasteiger partial charge in [0, 0.05) is 22.3 Å². The standard InChI is InChI=1S/C22H22OP/c1-16-14-17(2)21(18(3)15-16)24(23)22(19-10-6-4-7-11-19)20-12-8-5-9-13-20/h4-15,22H,1-3H3/q+1. The third kappa shape index (κ3) is 3.32. The lowest BCUT2D eigenvalue weighted by atomic mass is 10.0. The number of rotatable bonds is 4. The van der Waals surface area contributed by atoms with Gasteiger partial charge >= 0.3 is 7.80 Å². The van der Waals surface area contributed by atoms with Gasteiger partial charge in [0.25, 0.3) is 0 Å². The van der Waals surface area contributed by atoms with Gasteiger partial charge in [0.15, 0.2) is 5.30 Å². The maximum absolute atomic E-state index is 13.6. The van der Waals surface area contributed by atoms with Gasteiger partial charge < -0.3 is 0 Å². The minimum Gasteiger partial charge on any atom is -0.0669 e. The smallest absolute Gasteiger partial charge is 0.0669 e. The van der Waals surface area contributed by atoms with Crippen LogP contribution in [-0.4, -0.2) is 0 Å². The van der Waals surface area contributed by atoms with Gasteiger partial charge in [-0.25, -0.2) is 0 Å². The molecule has 3 rings (SSSR count). The molecule has 0 amide bonds. The Morgan fingerprint density at radius 2 is 1.12 bits per heavy atom. The summed E-state index contributed by atoms with van der Waals surface area (Å²) in [7, 11) is -1.60. The molecule has 1 unspecified atom stereocenters. The van der Waals surface area contributed by atoms with Crippen molar-refractivity contribution in [1.82, 2.24) is 0 Å². The third-order valence-electron chi connectivity index (χ3n) is 4.32. The van der Waals surface area contributed by atoms with Gasteiger partial charge in [0.2, 0.25) is 5.66 Å². The normalized spacial score (nSPS) is 11.6. The third-order valence-corrected chi connectivity index (χ3v) is 6.53. The Morgan fingerprint density at radius 3 is 1.54 bits per heavy atom. The zero-order chi connectivity index (χ0) is 17.1. The average Bonchev–Trinajstić information content (AvgIpc) is 2.56. The maximum Gasteiger partial charge on any atom is 0.390 e. The van der Waals surface area contributed by atoms with Crippen LogP contribution in [0.3, 0.4) is 0 Å². The van der Waals surface area contributed by atoms with E-state index < -0.39 is 7.80 Å². The van der Waals surface area contributed by atoms with Crippen LogP contribution >= 0.6 is 7.80 Å². The molecule has 1 atom stereocenters. The molecule has 0 aromatic heterocycles. The number of aryl methyl sites for hydroxylation is 3. The second-order valence-corrected chi connectivity index (χ2v) is 7.91. The minimum atomic E-state index is -1.60. The van der Waals surface area contributed by atoms with Crippen LogP contribution in [0.15, 0.2) is 72.8 Å². The van der Waals surface area contributed by atoms with Crippen LogP contribution in [0, 0.1) is 20.8 Å². The molecule has 24 heavy (non-hydrogen) atoms. The van der Waals surface area contributed by atoms with Crippen molar-refractivity contribution >= 4 is 13.1 Å². The Hall–Kier alpha value is -2.24. The molecule has 2 heteroatoms. The Kier molecular flexibility index (Phi) is 4.92. The quantitative estimate of drug-likeness (QED) is 0.547. The van der Waals surface area contributed by atoms with Gasteiger partial charge in [-0.3, -0.25) is 0 Å². The van der Waals surface area contributed by atoms with Crippen molar-refractivity contribution in [2.45, 2.75) is 26.4 Å². The summed E-state index contributed by atoms with van der Waals surface area (Å²) in [6.45, 7) is 6.22. The van der Waals surface area contributed by atoms with E-state index in [0.717, 1.165) is 27.6 Å². The van der Waals surface area contributed by atoms with Gasteiger partial charge in [-0.05, 0) is 20.8 Å². The van der Waals surface area contributed by atoms with E-state index in [9.17, 15) is 4.57 Å². The molecule has 0 saturated carbocycles. The molecule has 120 valence electrons. The fraction of sp³-hybridized carbons (Fsp3) is 0.182. The molecule has 1 nitrogen and oxygen atoms in total. The topological polar surface area (TPSA) is 17.1 Å². The van der Waals surface area contributed by atoms with E-state index in [1.165, 1.54) is 5.56 Å². The number of hydrogen-bond acceptors (Lipinski definition) is 1. The van der Waals surface area contributed by atoms with Crippen molar-refractivity contribution in [2.24, 2.45) is 0 Å². The SMILES string of the molecule is Cc1cc(C)c([P+](=O)C(c2ccccc2)c2ccccc2)c(C)c1. The highest BCUT2D eigenvalue weighted by Gasteiger charge is 2.38. The molecule has 0 aliphatic heterocycles. The fourth-order valence-electron chi connectivity index (χ4n) is 3.38. The lowest BCUT2D eigenvalue weighted by Crippen LogP contribution is -2.12. The number of hydrogen-bond donors (Lipinski definition) is 0. The molecule has 0 saturated heterocycles. The van der Waals surface area contributed by atoms with E-state index in [1.807, 2.05) is 36.4 Å². The van der Waals surface area contributed by atoms with Crippen molar-refractivity contribution in [3.05, 3.63) is 101 Å². The van der Waals surface area contributed by atoms with E-state index in [0.29, 0.717) is 0 Å². The first-order valence-corrected chi connectivity index (χ1v) is 9.55. The average molecular weight is 333 g/mol. The van der Waals surface area contributed by atoms with Crippen molar-refractivity contribution < 1.29 is 4.57 Å². The first-order valence-electron chi connectivity index (χ1n) is 8.22. The van der Waals surface area contributed by atoms with Crippen LogP contribution in [0.1, 0.15) is 33.5 Å². The van der Waals surface area contributed by atoms with Gasteiger partial charge in [0.05, 0.1) is 0 Å². The molecular weight excluding hydrogens is 311 g/mol. The highest BCUT2D eigenvalue weighted by molar-refractivity contribution is 7.54. The van der Waals surface area contributed by atoms with Crippen LogP contribution in [-0.2, 0) is 4.57 Å². The molecule has 0 fully saturated rings. The fourth-order valence-corrected chi connectivity index (χ4v) is 5.35. The predicted molar refractivity (Wildman–Crippen MR) is 103 cm³/mol. The second kappa shape index (κ2) is 7.11. The first kappa shape index (κ1) is 16.6. The summed E-state index contributed by atoms with van der Waals surface area (Å²) in [6.07, 6.45) is 0. The van der Waals surface area contributed by atoms with Crippen LogP contribution < -0.4 is 5.30 Å². The van der Waals surface area contributed by atoms with E-state index in [2.05, 4.69) is 57.2 Å². The zero-order valence-electron chi connectivity index (χ0n) is 14.4. The maximum atomic E-state index is 13.6. The van der Waals surface area contributed by atoms with Gasteiger partial charge in [-0.2, -0.15) is 0 Å². The van der Waals surface area contributed by atoms with E-state index in [-0.39, 0.29) is 5.66 Å².